The first-order valence-corrected chi connectivity index (χ1v) is 8.77. The molecular formula is C19H14N2O2S. The monoisotopic (exact) mass is 334 g/mol. The summed E-state index contributed by atoms with van der Waals surface area (Å²) in [6.07, 6.45) is 0. The third-order valence-electron chi connectivity index (χ3n) is 3.74. The molecule has 0 fully saturated rings. The van der Waals surface area contributed by atoms with Crippen LogP contribution in [0.1, 0.15) is 5.56 Å². The molecule has 0 saturated heterocycles. The fourth-order valence-electron chi connectivity index (χ4n) is 2.63. The first-order chi connectivity index (χ1) is 11.5. The van der Waals surface area contributed by atoms with Crippen molar-refractivity contribution in [2.24, 2.45) is 5.14 Å². The molecule has 3 aromatic rings. The van der Waals surface area contributed by atoms with Crippen molar-refractivity contribution in [2.75, 3.05) is 0 Å². The van der Waals surface area contributed by atoms with E-state index < -0.39 is 10.0 Å². The zero-order valence-corrected chi connectivity index (χ0v) is 13.5. The highest BCUT2D eigenvalue weighted by atomic mass is 32.2. The van der Waals surface area contributed by atoms with Gasteiger partial charge in [-0.1, -0.05) is 54.6 Å². The standard InChI is InChI=1S/C19H14N2O2S/c20-13-14-9-11-15(12-10-14)16-5-1-2-6-17(16)18-7-3-4-8-19(18)24(21,22)23/h1-12H,(H2,21,22,23). The van der Waals surface area contributed by atoms with E-state index in [1.807, 2.05) is 36.4 Å². The predicted octanol–water partition coefficient (Wildman–Crippen LogP) is 3.54. The Morgan fingerprint density at radius 3 is 1.88 bits per heavy atom. The Hall–Kier alpha value is -2.94. The van der Waals surface area contributed by atoms with E-state index in [4.69, 9.17) is 10.4 Å². The summed E-state index contributed by atoms with van der Waals surface area (Å²) in [5, 5.41) is 14.3. The van der Waals surface area contributed by atoms with Crippen LogP contribution in [0.3, 0.4) is 0 Å². The molecular weight excluding hydrogens is 320 g/mol. The molecule has 0 unspecified atom stereocenters. The van der Waals surface area contributed by atoms with Crippen molar-refractivity contribution in [1.29, 1.82) is 5.26 Å². The number of primary sulfonamides is 1. The molecule has 0 aliphatic heterocycles. The van der Waals surface area contributed by atoms with Crippen LogP contribution in [0.4, 0.5) is 0 Å². The van der Waals surface area contributed by atoms with Gasteiger partial charge in [-0.2, -0.15) is 5.26 Å². The second-order valence-electron chi connectivity index (χ2n) is 5.28. The Bertz CT molecular complexity index is 1030. The number of nitrogens with zero attached hydrogens (tertiary/aromatic N) is 1. The highest BCUT2D eigenvalue weighted by molar-refractivity contribution is 7.89. The van der Waals surface area contributed by atoms with Crippen molar-refractivity contribution in [3.63, 3.8) is 0 Å². The lowest BCUT2D eigenvalue weighted by molar-refractivity contribution is 0.598. The van der Waals surface area contributed by atoms with E-state index in [1.165, 1.54) is 6.07 Å². The molecule has 3 rings (SSSR count). The number of hydrogen-bond donors (Lipinski definition) is 1. The summed E-state index contributed by atoms with van der Waals surface area (Å²) in [5.41, 5.74) is 3.67. The van der Waals surface area contributed by atoms with Crippen LogP contribution in [-0.2, 0) is 10.0 Å². The molecule has 0 aliphatic rings. The van der Waals surface area contributed by atoms with Gasteiger partial charge >= 0.3 is 0 Å². The molecule has 0 radical (unpaired) electrons. The minimum absolute atomic E-state index is 0.0890. The Balaban J connectivity index is 2.23. The number of nitrogens with two attached hydrogens (primary N) is 1. The quantitative estimate of drug-likeness (QED) is 0.795. The van der Waals surface area contributed by atoms with Gasteiger partial charge in [0.1, 0.15) is 0 Å². The molecule has 0 atom stereocenters. The molecule has 0 bridgehead atoms. The van der Waals surface area contributed by atoms with Crippen LogP contribution >= 0.6 is 0 Å². The molecule has 5 heteroatoms. The van der Waals surface area contributed by atoms with Crippen LogP contribution in [0.2, 0.25) is 0 Å². The lowest BCUT2D eigenvalue weighted by Gasteiger charge is -2.13. The largest absolute Gasteiger partial charge is 0.238 e. The number of hydrogen-bond acceptors (Lipinski definition) is 3. The molecule has 2 N–H and O–H groups in total. The van der Waals surface area contributed by atoms with Gasteiger partial charge in [-0.05, 0) is 34.9 Å². The van der Waals surface area contributed by atoms with Gasteiger partial charge in [-0.15, -0.1) is 0 Å². The maximum atomic E-state index is 11.9. The van der Waals surface area contributed by atoms with E-state index >= 15 is 0 Å². The van der Waals surface area contributed by atoms with Crippen molar-refractivity contribution in [2.45, 2.75) is 4.90 Å². The fourth-order valence-corrected chi connectivity index (χ4v) is 3.38. The molecule has 0 amide bonds. The number of nitriles is 1. The zero-order valence-electron chi connectivity index (χ0n) is 12.7. The van der Waals surface area contributed by atoms with Gasteiger partial charge in [0.05, 0.1) is 16.5 Å². The summed E-state index contributed by atoms with van der Waals surface area (Å²) < 4.78 is 23.8. The number of rotatable bonds is 3. The maximum Gasteiger partial charge on any atom is 0.238 e. The van der Waals surface area contributed by atoms with Gasteiger partial charge in [0.2, 0.25) is 10.0 Å². The van der Waals surface area contributed by atoms with E-state index in [0.717, 1.165) is 16.7 Å². The topological polar surface area (TPSA) is 83.9 Å². The second kappa shape index (κ2) is 6.28. The summed E-state index contributed by atoms with van der Waals surface area (Å²) in [4.78, 5) is 0.0890. The van der Waals surface area contributed by atoms with Gasteiger partial charge in [0, 0.05) is 5.56 Å². The third kappa shape index (κ3) is 3.06. The molecule has 4 nitrogen and oxygen atoms in total. The van der Waals surface area contributed by atoms with E-state index in [-0.39, 0.29) is 4.90 Å². The normalized spacial score (nSPS) is 11.0. The average molecular weight is 334 g/mol. The van der Waals surface area contributed by atoms with Gasteiger partial charge in [0.15, 0.2) is 0 Å². The molecule has 24 heavy (non-hydrogen) atoms. The molecule has 118 valence electrons. The van der Waals surface area contributed by atoms with Gasteiger partial charge < -0.3 is 0 Å². The Morgan fingerprint density at radius 1 is 0.750 bits per heavy atom. The van der Waals surface area contributed by atoms with Crippen LogP contribution in [0, 0.1) is 11.3 Å². The summed E-state index contributed by atoms with van der Waals surface area (Å²) in [6, 6.07) is 23.4. The molecule has 0 spiro atoms. The van der Waals surface area contributed by atoms with Crippen molar-refractivity contribution < 1.29 is 8.42 Å². The zero-order chi connectivity index (χ0) is 17.2. The van der Waals surface area contributed by atoms with Crippen molar-refractivity contribution in [3.05, 3.63) is 78.4 Å². The van der Waals surface area contributed by atoms with E-state index in [0.29, 0.717) is 11.1 Å². The highest BCUT2D eigenvalue weighted by Gasteiger charge is 2.17. The summed E-state index contributed by atoms with van der Waals surface area (Å²) in [7, 11) is -3.83. The van der Waals surface area contributed by atoms with Gasteiger partial charge in [-0.3, -0.25) is 0 Å². The molecule has 0 aliphatic carbocycles. The summed E-state index contributed by atoms with van der Waals surface area (Å²) >= 11 is 0. The first kappa shape index (κ1) is 15.9. The molecule has 0 heterocycles. The van der Waals surface area contributed by atoms with Crippen molar-refractivity contribution in [3.8, 4) is 28.3 Å². The SMILES string of the molecule is N#Cc1ccc(-c2ccccc2-c2ccccc2S(N)(=O)=O)cc1. The van der Waals surface area contributed by atoms with Crippen LogP contribution in [0.5, 0.6) is 0 Å². The molecule has 0 aromatic heterocycles. The van der Waals surface area contributed by atoms with Crippen molar-refractivity contribution in [1.82, 2.24) is 0 Å². The molecule has 3 aromatic carbocycles. The lowest BCUT2D eigenvalue weighted by Crippen LogP contribution is -2.13. The number of benzene rings is 3. The minimum Gasteiger partial charge on any atom is -0.225 e. The molecule has 0 saturated carbocycles. The Kier molecular flexibility index (Phi) is 4.17. The summed E-state index contributed by atoms with van der Waals surface area (Å²) in [5.74, 6) is 0. The third-order valence-corrected chi connectivity index (χ3v) is 4.70. The first-order valence-electron chi connectivity index (χ1n) is 7.22. The van der Waals surface area contributed by atoms with Crippen LogP contribution in [0.15, 0.2) is 77.7 Å². The minimum atomic E-state index is -3.83. The van der Waals surface area contributed by atoms with Gasteiger partial charge in [0.25, 0.3) is 0 Å². The van der Waals surface area contributed by atoms with Gasteiger partial charge in [-0.25, -0.2) is 13.6 Å². The predicted molar refractivity (Wildman–Crippen MR) is 93.4 cm³/mol. The van der Waals surface area contributed by atoms with Crippen molar-refractivity contribution >= 4 is 10.0 Å². The van der Waals surface area contributed by atoms with Crippen LogP contribution in [0.25, 0.3) is 22.3 Å². The maximum absolute atomic E-state index is 11.9. The van der Waals surface area contributed by atoms with E-state index in [2.05, 4.69) is 6.07 Å². The lowest BCUT2D eigenvalue weighted by atomic mass is 9.94. The number of sulfonamides is 1. The summed E-state index contributed by atoms with van der Waals surface area (Å²) in [6.45, 7) is 0. The smallest absolute Gasteiger partial charge is 0.225 e. The highest BCUT2D eigenvalue weighted by Crippen LogP contribution is 2.35. The average Bonchev–Trinajstić information content (AvgIpc) is 2.61. The van der Waals surface area contributed by atoms with E-state index in [1.54, 1.807) is 30.3 Å². The Labute approximate surface area is 140 Å². The fraction of sp³-hybridized carbons (Fsp3) is 0. The van der Waals surface area contributed by atoms with E-state index in [9.17, 15) is 8.42 Å². The Morgan fingerprint density at radius 2 is 1.29 bits per heavy atom. The second-order valence-corrected chi connectivity index (χ2v) is 6.81. The van der Waals surface area contributed by atoms with Crippen LogP contribution in [-0.4, -0.2) is 8.42 Å². The van der Waals surface area contributed by atoms with Crippen LogP contribution < -0.4 is 5.14 Å².